The molecule has 5 nitrogen and oxygen atoms in total. The number of amides is 1. The van der Waals surface area contributed by atoms with E-state index in [4.69, 9.17) is 15.2 Å². The van der Waals surface area contributed by atoms with Crippen molar-refractivity contribution < 1.29 is 14.3 Å². The smallest absolute Gasteiger partial charge is 0.227 e. The van der Waals surface area contributed by atoms with Crippen LogP contribution in [0.25, 0.3) is 0 Å². The highest BCUT2D eigenvalue weighted by Crippen LogP contribution is 2.19. The van der Waals surface area contributed by atoms with Crippen LogP contribution in [0.1, 0.15) is 17.5 Å². The Morgan fingerprint density at radius 2 is 1.79 bits per heavy atom. The lowest BCUT2D eigenvalue weighted by Crippen LogP contribution is -2.15. The van der Waals surface area contributed by atoms with E-state index in [0.717, 1.165) is 22.7 Å². The Balaban J connectivity index is 1.76. The first-order valence-corrected chi connectivity index (χ1v) is 8.01. The molecule has 0 bridgehead atoms. The molecule has 5 heteroatoms. The Labute approximate surface area is 142 Å². The molecule has 128 valence electrons. The second-order valence-corrected chi connectivity index (χ2v) is 5.58. The van der Waals surface area contributed by atoms with Gasteiger partial charge < -0.3 is 20.5 Å². The number of anilines is 1. The van der Waals surface area contributed by atoms with Crippen molar-refractivity contribution in [3.05, 3.63) is 53.6 Å². The monoisotopic (exact) mass is 328 g/mol. The SMILES string of the molecule is Cc1ccc(OCCC(=O)Nc2ccc(OCCN)cc2)c(C)c1. The van der Waals surface area contributed by atoms with Gasteiger partial charge in [-0.3, -0.25) is 4.79 Å². The summed E-state index contributed by atoms with van der Waals surface area (Å²) in [6, 6.07) is 13.2. The lowest BCUT2D eigenvalue weighted by molar-refractivity contribution is -0.116. The van der Waals surface area contributed by atoms with Gasteiger partial charge in [0.25, 0.3) is 0 Å². The maximum atomic E-state index is 12.0. The molecule has 2 rings (SSSR count). The highest BCUT2D eigenvalue weighted by molar-refractivity contribution is 5.90. The van der Waals surface area contributed by atoms with E-state index in [1.165, 1.54) is 5.56 Å². The third-order valence-electron chi connectivity index (χ3n) is 3.44. The summed E-state index contributed by atoms with van der Waals surface area (Å²) in [7, 11) is 0. The lowest BCUT2D eigenvalue weighted by atomic mass is 10.1. The van der Waals surface area contributed by atoms with Crippen molar-refractivity contribution in [2.45, 2.75) is 20.3 Å². The Morgan fingerprint density at radius 3 is 2.46 bits per heavy atom. The van der Waals surface area contributed by atoms with Crippen molar-refractivity contribution in [1.29, 1.82) is 0 Å². The van der Waals surface area contributed by atoms with Gasteiger partial charge in [-0.15, -0.1) is 0 Å². The average Bonchev–Trinajstić information content (AvgIpc) is 2.56. The highest BCUT2D eigenvalue weighted by atomic mass is 16.5. The molecule has 0 fully saturated rings. The molecule has 0 aliphatic heterocycles. The molecule has 0 heterocycles. The van der Waals surface area contributed by atoms with E-state index >= 15 is 0 Å². The van der Waals surface area contributed by atoms with Gasteiger partial charge >= 0.3 is 0 Å². The maximum Gasteiger partial charge on any atom is 0.227 e. The van der Waals surface area contributed by atoms with Crippen molar-refractivity contribution in [2.75, 3.05) is 25.1 Å². The van der Waals surface area contributed by atoms with Crippen molar-refractivity contribution in [3.8, 4) is 11.5 Å². The predicted octanol–water partition coefficient (Wildman–Crippen LogP) is 3.05. The van der Waals surface area contributed by atoms with Gasteiger partial charge in [0.05, 0.1) is 13.0 Å². The second-order valence-electron chi connectivity index (χ2n) is 5.58. The maximum absolute atomic E-state index is 12.0. The van der Waals surface area contributed by atoms with Crippen LogP contribution in [0.4, 0.5) is 5.69 Å². The van der Waals surface area contributed by atoms with Gasteiger partial charge in [-0.25, -0.2) is 0 Å². The number of aryl methyl sites for hydroxylation is 2. The largest absolute Gasteiger partial charge is 0.493 e. The molecule has 24 heavy (non-hydrogen) atoms. The molecule has 2 aromatic carbocycles. The number of hydrogen-bond donors (Lipinski definition) is 2. The summed E-state index contributed by atoms with van der Waals surface area (Å²) >= 11 is 0. The Hall–Kier alpha value is -2.53. The minimum Gasteiger partial charge on any atom is -0.493 e. The lowest BCUT2D eigenvalue weighted by Gasteiger charge is -2.10. The van der Waals surface area contributed by atoms with Crippen LogP contribution in [-0.4, -0.2) is 25.7 Å². The van der Waals surface area contributed by atoms with Gasteiger partial charge in [-0.2, -0.15) is 0 Å². The number of rotatable bonds is 8. The minimum absolute atomic E-state index is 0.0876. The summed E-state index contributed by atoms with van der Waals surface area (Å²) in [6.07, 6.45) is 0.290. The molecule has 0 radical (unpaired) electrons. The normalized spacial score (nSPS) is 10.3. The van der Waals surface area contributed by atoms with Crippen LogP contribution in [0.15, 0.2) is 42.5 Å². The first-order valence-electron chi connectivity index (χ1n) is 8.01. The zero-order valence-corrected chi connectivity index (χ0v) is 14.2. The standard InChI is InChI=1S/C19H24N2O3/c1-14-3-8-18(15(2)13-14)24-11-9-19(22)21-16-4-6-17(7-5-16)23-12-10-20/h3-8,13H,9-12,20H2,1-2H3,(H,21,22). The van der Waals surface area contributed by atoms with Crippen LogP contribution < -0.4 is 20.5 Å². The molecule has 1 amide bonds. The molecule has 0 atom stereocenters. The molecule has 0 aliphatic carbocycles. The summed E-state index contributed by atoms with van der Waals surface area (Å²) in [5.74, 6) is 1.46. The number of ether oxygens (including phenoxy) is 2. The fourth-order valence-electron chi connectivity index (χ4n) is 2.25. The van der Waals surface area contributed by atoms with Crippen LogP contribution >= 0.6 is 0 Å². The van der Waals surface area contributed by atoms with E-state index in [2.05, 4.69) is 11.4 Å². The number of hydrogen-bond acceptors (Lipinski definition) is 4. The number of benzene rings is 2. The van der Waals surface area contributed by atoms with E-state index in [0.29, 0.717) is 26.2 Å². The zero-order chi connectivity index (χ0) is 17.4. The van der Waals surface area contributed by atoms with Crippen LogP contribution in [0.3, 0.4) is 0 Å². The van der Waals surface area contributed by atoms with Crippen LogP contribution in [0.5, 0.6) is 11.5 Å². The van der Waals surface area contributed by atoms with Gasteiger partial charge in [-0.05, 0) is 49.7 Å². The molecule has 0 aromatic heterocycles. The fourth-order valence-corrected chi connectivity index (χ4v) is 2.25. The van der Waals surface area contributed by atoms with E-state index in [1.807, 2.05) is 26.0 Å². The molecular weight excluding hydrogens is 304 g/mol. The number of carbonyl (C=O) groups is 1. The van der Waals surface area contributed by atoms with Crippen molar-refractivity contribution in [1.82, 2.24) is 0 Å². The van der Waals surface area contributed by atoms with Crippen molar-refractivity contribution >= 4 is 11.6 Å². The minimum atomic E-state index is -0.0876. The average molecular weight is 328 g/mol. The zero-order valence-electron chi connectivity index (χ0n) is 14.2. The summed E-state index contributed by atoms with van der Waals surface area (Å²) < 4.78 is 11.1. The van der Waals surface area contributed by atoms with Crippen molar-refractivity contribution in [3.63, 3.8) is 0 Å². The predicted molar refractivity (Wildman–Crippen MR) is 95.6 cm³/mol. The fraction of sp³-hybridized carbons (Fsp3) is 0.316. The Kier molecular flexibility index (Phi) is 6.63. The van der Waals surface area contributed by atoms with Gasteiger partial charge in [0, 0.05) is 12.2 Å². The molecule has 0 saturated heterocycles. The summed E-state index contributed by atoms with van der Waals surface area (Å²) in [6.45, 7) is 5.32. The van der Waals surface area contributed by atoms with Gasteiger partial charge in [-0.1, -0.05) is 17.7 Å². The molecular formula is C19H24N2O3. The molecule has 0 unspecified atom stereocenters. The highest BCUT2D eigenvalue weighted by Gasteiger charge is 2.05. The van der Waals surface area contributed by atoms with E-state index in [1.54, 1.807) is 24.3 Å². The van der Waals surface area contributed by atoms with Crippen molar-refractivity contribution in [2.24, 2.45) is 5.73 Å². The van der Waals surface area contributed by atoms with Gasteiger partial charge in [0.1, 0.15) is 18.1 Å². The van der Waals surface area contributed by atoms with E-state index in [-0.39, 0.29) is 5.91 Å². The number of carbonyl (C=O) groups excluding carboxylic acids is 1. The number of nitrogens with two attached hydrogens (primary N) is 1. The molecule has 2 aromatic rings. The van der Waals surface area contributed by atoms with Gasteiger partial charge in [0.15, 0.2) is 0 Å². The summed E-state index contributed by atoms with van der Waals surface area (Å²) in [5.41, 5.74) is 8.38. The first kappa shape index (κ1) is 17.8. The summed E-state index contributed by atoms with van der Waals surface area (Å²) in [4.78, 5) is 12.0. The molecule has 3 N–H and O–H groups in total. The van der Waals surface area contributed by atoms with Crippen LogP contribution in [0, 0.1) is 13.8 Å². The Bertz CT molecular complexity index is 669. The van der Waals surface area contributed by atoms with Gasteiger partial charge in [0.2, 0.25) is 5.91 Å². The molecule has 0 saturated carbocycles. The Morgan fingerprint density at radius 1 is 1.04 bits per heavy atom. The summed E-state index contributed by atoms with van der Waals surface area (Å²) in [5, 5.41) is 2.84. The van der Waals surface area contributed by atoms with Crippen LogP contribution in [-0.2, 0) is 4.79 Å². The first-order chi connectivity index (χ1) is 11.6. The second kappa shape index (κ2) is 8.93. The molecule has 0 spiro atoms. The third kappa shape index (κ3) is 5.59. The quantitative estimate of drug-likeness (QED) is 0.781. The topological polar surface area (TPSA) is 73.6 Å². The van der Waals surface area contributed by atoms with E-state index < -0.39 is 0 Å². The third-order valence-corrected chi connectivity index (χ3v) is 3.44. The van der Waals surface area contributed by atoms with Crippen LogP contribution in [0.2, 0.25) is 0 Å². The van der Waals surface area contributed by atoms with E-state index in [9.17, 15) is 4.79 Å². The number of nitrogens with one attached hydrogen (secondary N) is 1. The molecule has 0 aliphatic rings.